The third-order valence-electron chi connectivity index (χ3n) is 4.24. The molecule has 1 saturated heterocycles. The number of hydrogen-bond donors (Lipinski definition) is 1. The molecule has 1 heterocycles. The van der Waals surface area contributed by atoms with Crippen molar-refractivity contribution < 1.29 is 9.84 Å². The van der Waals surface area contributed by atoms with Crippen molar-refractivity contribution in [1.82, 2.24) is 0 Å². The summed E-state index contributed by atoms with van der Waals surface area (Å²) < 4.78 is 5.36. The van der Waals surface area contributed by atoms with Crippen LogP contribution in [0, 0.1) is 5.92 Å². The summed E-state index contributed by atoms with van der Waals surface area (Å²) in [4.78, 5) is 0. The van der Waals surface area contributed by atoms with Gasteiger partial charge in [0.25, 0.3) is 0 Å². The first-order valence-corrected chi connectivity index (χ1v) is 7.18. The predicted molar refractivity (Wildman–Crippen MR) is 71.5 cm³/mol. The SMILES string of the molecule is OC(CC1CCOCC1)c1cccc(C2CC2)c1. The molecule has 1 aliphatic carbocycles. The van der Waals surface area contributed by atoms with Crippen LogP contribution in [0.4, 0.5) is 0 Å². The quantitative estimate of drug-likeness (QED) is 0.882. The fourth-order valence-corrected chi connectivity index (χ4v) is 2.87. The second-order valence-corrected chi connectivity index (χ2v) is 5.75. The van der Waals surface area contributed by atoms with Crippen LogP contribution in [0.5, 0.6) is 0 Å². The molecule has 3 rings (SSSR count). The van der Waals surface area contributed by atoms with Crippen molar-refractivity contribution in [2.24, 2.45) is 5.92 Å². The van der Waals surface area contributed by atoms with Gasteiger partial charge in [-0.05, 0) is 55.1 Å². The minimum atomic E-state index is -0.299. The zero-order chi connectivity index (χ0) is 12.4. The third-order valence-corrected chi connectivity index (χ3v) is 4.24. The Hall–Kier alpha value is -0.860. The van der Waals surface area contributed by atoms with Gasteiger partial charge < -0.3 is 9.84 Å². The molecule has 1 saturated carbocycles. The molecular weight excluding hydrogens is 224 g/mol. The lowest BCUT2D eigenvalue weighted by Gasteiger charge is -2.24. The fraction of sp³-hybridized carbons (Fsp3) is 0.625. The number of rotatable bonds is 4. The monoisotopic (exact) mass is 246 g/mol. The van der Waals surface area contributed by atoms with Gasteiger partial charge in [-0.1, -0.05) is 24.3 Å². The van der Waals surface area contributed by atoms with E-state index in [2.05, 4.69) is 24.3 Å². The molecule has 0 radical (unpaired) electrons. The normalized spacial score (nSPS) is 22.9. The Morgan fingerprint density at radius 3 is 2.67 bits per heavy atom. The number of ether oxygens (including phenoxy) is 1. The van der Waals surface area contributed by atoms with Crippen LogP contribution in [0.3, 0.4) is 0 Å². The molecule has 18 heavy (non-hydrogen) atoms. The number of aliphatic hydroxyl groups is 1. The highest BCUT2D eigenvalue weighted by Gasteiger charge is 2.24. The van der Waals surface area contributed by atoms with E-state index in [0.29, 0.717) is 5.92 Å². The summed E-state index contributed by atoms with van der Waals surface area (Å²) >= 11 is 0. The topological polar surface area (TPSA) is 29.5 Å². The van der Waals surface area contributed by atoms with Gasteiger partial charge in [0.15, 0.2) is 0 Å². The van der Waals surface area contributed by atoms with Crippen molar-refractivity contribution in [2.75, 3.05) is 13.2 Å². The van der Waals surface area contributed by atoms with E-state index < -0.39 is 0 Å². The van der Waals surface area contributed by atoms with E-state index in [9.17, 15) is 5.11 Å². The highest BCUT2D eigenvalue weighted by Crippen LogP contribution is 2.41. The predicted octanol–water partition coefficient (Wildman–Crippen LogP) is 3.41. The summed E-state index contributed by atoms with van der Waals surface area (Å²) in [6.07, 6.45) is 5.42. The van der Waals surface area contributed by atoms with Crippen molar-refractivity contribution in [3.05, 3.63) is 35.4 Å². The standard InChI is InChI=1S/C16H22O2/c17-16(10-12-6-8-18-9-7-12)15-3-1-2-14(11-15)13-4-5-13/h1-3,11-13,16-17H,4-10H2. The lowest BCUT2D eigenvalue weighted by Crippen LogP contribution is -2.18. The van der Waals surface area contributed by atoms with Crippen LogP contribution in [0.1, 0.15) is 55.3 Å². The molecule has 2 aliphatic rings. The zero-order valence-electron chi connectivity index (χ0n) is 10.8. The smallest absolute Gasteiger partial charge is 0.0792 e. The van der Waals surface area contributed by atoms with Gasteiger partial charge in [-0.3, -0.25) is 0 Å². The molecular formula is C16H22O2. The van der Waals surface area contributed by atoms with Gasteiger partial charge in [0.1, 0.15) is 0 Å². The van der Waals surface area contributed by atoms with Crippen LogP contribution in [0.25, 0.3) is 0 Å². The van der Waals surface area contributed by atoms with Crippen molar-refractivity contribution in [3.63, 3.8) is 0 Å². The summed E-state index contributed by atoms with van der Waals surface area (Å²) in [5.41, 5.74) is 2.52. The zero-order valence-corrected chi connectivity index (χ0v) is 10.8. The molecule has 0 aromatic heterocycles. The fourth-order valence-electron chi connectivity index (χ4n) is 2.87. The summed E-state index contributed by atoms with van der Waals surface area (Å²) in [5, 5.41) is 10.4. The molecule has 98 valence electrons. The first-order chi connectivity index (χ1) is 8.83. The highest BCUT2D eigenvalue weighted by atomic mass is 16.5. The maximum atomic E-state index is 10.4. The maximum Gasteiger partial charge on any atom is 0.0792 e. The molecule has 1 atom stereocenters. The first-order valence-electron chi connectivity index (χ1n) is 7.18. The Bertz CT molecular complexity index is 392. The van der Waals surface area contributed by atoms with Crippen LogP contribution in [0.2, 0.25) is 0 Å². The average molecular weight is 246 g/mol. The van der Waals surface area contributed by atoms with Gasteiger partial charge in [-0.15, -0.1) is 0 Å². The second-order valence-electron chi connectivity index (χ2n) is 5.75. The van der Waals surface area contributed by atoms with Gasteiger partial charge in [0, 0.05) is 13.2 Å². The van der Waals surface area contributed by atoms with Crippen molar-refractivity contribution >= 4 is 0 Å². The lowest BCUT2D eigenvalue weighted by molar-refractivity contribution is 0.0435. The molecule has 1 aromatic carbocycles. The third kappa shape index (κ3) is 2.93. The Morgan fingerprint density at radius 1 is 1.17 bits per heavy atom. The molecule has 1 aromatic rings. The van der Waals surface area contributed by atoms with Crippen molar-refractivity contribution in [3.8, 4) is 0 Å². The Morgan fingerprint density at radius 2 is 1.94 bits per heavy atom. The van der Waals surface area contributed by atoms with Crippen molar-refractivity contribution in [1.29, 1.82) is 0 Å². The first kappa shape index (κ1) is 12.2. The summed E-state index contributed by atoms with van der Waals surface area (Å²) in [6.45, 7) is 1.72. The Balaban J connectivity index is 1.63. The number of benzene rings is 1. The number of aliphatic hydroxyl groups excluding tert-OH is 1. The van der Waals surface area contributed by atoms with Gasteiger partial charge in [-0.2, -0.15) is 0 Å². The van der Waals surface area contributed by atoms with E-state index in [4.69, 9.17) is 4.74 Å². The van der Waals surface area contributed by atoms with E-state index in [-0.39, 0.29) is 6.10 Å². The van der Waals surface area contributed by atoms with Gasteiger partial charge in [-0.25, -0.2) is 0 Å². The number of hydrogen-bond acceptors (Lipinski definition) is 2. The molecule has 0 amide bonds. The highest BCUT2D eigenvalue weighted by molar-refractivity contribution is 5.30. The minimum Gasteiger partial charge on any atom is -0.388 e. The van der Waals surface area contributed by atoms with E-state index >= 15 is 0 Å². The largest absolute Gasteiger partial charge is 0.388 e. The van der Waals surface area contributed by atoms with Gasteiger partial charge in [0.2, 0.25) is 0 Å². The molecule has 2 heteroatoms. The molecule has 0 spiro atoms. The lowest BCUT2D eigenvalue weighted by atomic mass is 9.90. The maximum absolute atomic E-state index is 10.4. The molecule has 2 fully saturated rings. The minimum absolute atomic E-state index is 0.299. The van der Waals surface area contributed by atoms with E-state index in [1.165, 1.54) is 18.4 Å². The van der Waals surface area contributed by atoms with E-state index in [0.717, 1.165) is 44.0 Å². The van der Waals surface area contributed by atoms with Gasteiger partial charge in [0.05, 0.1) is 6.10 Å². The van der Waals surface area contributed by atoms with E-state index in [1.807, 2.05) is 0 Å². The summed E-state index contributed by atoms with van der Waals surface area (Å²) in [6, 6.07) is 8.57. The summed E-state index contributed by atoms with van der Waals surface area (Å²) in [5.74, 6) is 1.39. The summed E-state index contributed by atoms with van der Waals surface area (Å²) in [7, 11) is 0. The molecule has 1 aliphatic heterocycles. The van der Waals surface area contributed by atoms with Crippen molar-refractivity contribution in [2.45, 2.75) is 44.1 Å². The van der Waals surface area contributed by atoms with Crippen LogP contribution in [-0.4, -0.2) is 18.3 Å². The van der Waals surface area contributed by atoms with E-state index in [1.54, 1.807) is 0 Å². The average Bonchev–Trinajstić information content (AvgIpc) is 3.24. The van der Waals surface area contributed by atoms with Crippen LogP contribution >= 0.6 is 0 Å². The Kier molecular flexibility index (Phi) is 3.67. The van der Waals surface area contributed by atoms with Crippen LogP contribution in [-0.2, 0) is 4.74 Å². The molecule has 1 unspecified atom stereocenters. The molecule has 1 N–H and O–H groups in total. The van der Waals surface area contributed by atoms with Gasteiger partial charge >= 0.3 is 0 Å². The second kappa shape index (κ2) is 5.41. The molecule has 0 bridgehead atoms. The Labute approximate surface area is 109 Å². The van der Waals surface area contributed by atoms with Crippen LogP contribution < -0.4 is 0 Å². The molecule has 2 nitrogen and oxygen atoms in total. The van der Waals surface area contributed by atoms with Crippen LogP contribution in [0.15, 0.2) is 24.3 Å².